The van der Waals surface area contributed by atoms with Crippen molar-refractivity contribution in [1.82, 2.24) is 14.5 Å². The maximum atomic E-state index is 13.4. The van der Waals surface area contributed by atoms with Crippen LogP contribution in [0.4, 0.5) is 0 Å². The standard InChI is InChI=1S/C23H26BrN3O2S/c1-14(2)26(15(3)4)21(28)16(5)30-23-25-20-12-11-17(24)13-19(20)22(29)27(23)18-9-7-6-8-10-18/h6-16H,1-5H3. The maximum Gasteiger partial charge on any atom is 0.266 e. The fourth-order valence-electron chi connectivity index (χ4n) is 3.54. The second-order valence-corrected chi connectivity index (χ2v) is 9.95. The maximum absolute atomic E-state index is 13.4. The summed E-state index contributed by atoms with van der Waals surface area (Å²) in [4.78, 5) is 33.2. The molecule has 0 aliphatic rings. The number of carbonyl (C=O) groups excluding carboxylic acids is 1. The monoisotopic (exact) mass is 487 g/mol. The number of rotatable bonds is 6. The van der Waals surface area contributed by atoms with Crippen LogP contribution in [0.3, 0.4) is 0 Å². The van der Waals surface area contributed by atoms with Gasteiger partial charge in [-0.25, -0.2) is 4.98 Å². The molecule has 0 N–H and O–H groups in total. The minimum absolute atomic E-state index is 0.0368. The number of nitrogens with zero attached hydrogens (tertiary/aromatic N) is 3. The molecule has 3 aromatic rings. The van der Waals surface area contributed by atoms with Crippen LogP contribution in [0.2, 0.25) is 0 Å². The summed E-state index contributed by atoms with van der Waals surface area (Å²) >= 11 is 4.76. The Bertz CT molecular complexity index is 1100. The average Bonchev–Trinajstić information content (AvgIpc) is 2.69. The highest BCUT2D eigenvalue weighted by Gasteiger charge is 2.27. The van der Waals surface area contributed by atoms with Gasteiger partial charge < -0.3 is 4.90 Å². The third kappa shape index (κ3) is 4.62. The minimum Gasteiger partial charge on any atom is -0.337 e. The van der Waals surface area contributed by atoms with Crippen LogP contribution in [0.25, 0.3) is 16.6 Å². The van der Waals surface area contributed by atoms with Crippen molar-refractivity contribution in [3.63, 3.8) is 0 Å². The fourth-order valence-corrected chi connectivity index (χ4v) is 4.89. The van der Waals surface area contributed by atoms with Crippen molar-refractivity contribution in [2.45, 2.75) is 57.1 Å². The highest BCUT2D eigenvalue weighted by molar-refractivity contribution is 9.10. The van der Waals surface area contributed by atoms with Gasteiger partial charge in [0.1, 0.15) is 0 Å². The molecule has 0 saturated heterocycles. The predicted molar refractivity (Wildman–Crippen MR) is 127 cm³/mol. The number of aromatic nitrogens is 2. The first-order valence-corrected chi connectivity index (χ1v) is 11.6. The van der Waals surface area contributed by atoms with Crippen molar-refractivity contribution in [2.75, 3.05) is 0 Å². The van der Waals surface area contributed by atoms with Gasteiger partial charge in [0.15, 0.2) is 5.16 Å². The molecular formula is C23H26BrN3O2S. The van der Waals surface area contributed by atoms with Gasteiger partial charge in [-0.2, -0.15) is 0 Å². The molecule has 30 heavy (non-hydrogen) atoms. The van der Waals surface area contributed by atoms with E-state index in [1.807, 2.05) is 82.0 Å². The SMILES string of the molecule is CC(Sc1nc2ccc(Br)cc2c(=O)n1-c1ccccc1)C(=O)N(C(C)C)C(C)C. The van der Waals surface area contributed by atoms with E-state index in [9.17, 15) is 9.59 Å². The van der Waals surface area contributed by atoms with Crippen molar-refractivity contribution in [2.24, 2.45) is 0 Å². The van der Waals surface area contributed by atoms with Gasteiger partial charge in [0.05, 0.1) is 21.8 Å². The van der Waals surface area contributed by atoms with E-state index in [4.69, 9.17) is 4.98 Å². The summed E-state index contributed by atoms with van der Waals surface area (Å²) in [6.07, 6.45) is 0. The van der Waals surface area contributed by atoms with Gasteiger partial charge >= 0.3 is 0 Å². The van der Waals surface area contributed by atoms with Gasteiger partial charge in [0.2, 0.25) is 5.91 Å². The lowest BCUT2D eigenvalue weighted by Gasteiger charge is -2.33. The van der Waals surface area contributed by atoms with E-state index < -0.39 is 0 Å². The quantitative estimate of drug-likeness (QED) is 0.350. The lowest BCUT2D eigenvalue weighted by molar-refractivity contribution is -0.133. The van der Waals surface area contributed by atoms with Crippen LogP contribution in [0, 0.1) is 0 Å². The predicted octanol–water partition coefficient (Wildman–Crippen LogP) is 5.27. The van der Waals surface area contributed by atoms with Crippen molar-refractivity contribution < 1.29 is 4.79 Å². The Hall–Kier alpha value is -2.12. The number of benzene rings is 2. The summed E-state index contributed by atoms with van der Waals surface area (Å²) in [5.74, 6) is 0.0368. The molecule has 158 valence electrons. The van der Waals surface area contributed by atoms with Crippen LogP contribution >= 0.6 is 27.7 Å². The Kier molecular flexibility index (Phi) is 7.03. The molecule has 3 rings (SSSR count). The minimum atomic E-state index is -0.385. The van der Waals surface area contributed by atoms with Crippen LogP contribution in [0.15, 0.2) is 63.0 Å². The summed E-state index contributed by atoms with van der Waals surface area (Å²) in [7, 11) is 0. The first-order valence-electron chi connectivity index (χ1n) is 9.97. The van der Waals surface area contributed by atoms with Crippen molar-refractivity contribution >= 4 is 44.5 Å². The molecule has 0 aliphatic heterocycles. The molecule has 1 aromatic heterocycles. The first kappa shape index (κ1) is 22.6. The number of para-hydroxylation sites is 1. The third-order valence-corrected chi connectivity index (χ3v) is 6.34. The second kappa shape index (κ2) is 9.35. The third-order valence-electron chi connectivity index (χ3n) is 4.81. The topological polar surface area (TPSA) is 55.2 Å². The fraction of sp³-hybridized carbons (Fsp3) is 0.348. The largest absolute Gasteiger partial charge is 0.337 e. The molecule has 7 heteroatoms. The molecule has 0 radical (unpaired) electrons. The van der Waals surface area contributed by atoms with Crippen molar-refractivity contribution in [3.8, 4) is 5.69 Å². The van der Waals surface area contributed by atoms with Crippen LogP contribution in [-0.2, 0) is 4.79 Å². The summed E-state index contributed by atoms with van der Waals surface area (Å²) in [6.45, 7) is 9.93. The van der Waals surface area contributed by atoms with Crippen LogP contribution in [-0.4, -0.2) is 37.7 Å². The lowest BCUT2D eigenvalue weighted by atomic mass is 10.2. The first-order chi connectivity index (χ1) is 14.2. The van der Waals surface area contributed by atoms with Crippen molar-refractivity contribution in [3.05, 3.63) is 63.4 Å². The Morgan fingerprint density at radius 2 is 1.67 bits per heavy atom. The molecule has 0 spiro atoms. The molecule has 2 aromatic carbocycles. The van der Waals surface area contributed by atoms with E-state index in [0.717, 1.165) is 10.2 Å². The van der Waals surface area contributed by atoms with Crippen LogP contribution in [0.1, 0.15) is 34.6 Å². The molecule has 0 fully saturated rings. The van der Waals surface area contributed by atoms with E-state index in [0.29, 0.717) is 16.1 Å². The number of carbonyl (C=O) groups is 1. The molecule has 1 amide bonds. The van der Waals surface area contributed by atoms with Crippen molar-refractivity contribution in [1.29, 1.82) is 0 Å². The molecule has 0 bridgehead atoms. The Morgan fingerprint density at radius 3 is 2.27 bits per heavy atom. The smallest absolute Gasteiger partial charge is 0.266 e. The van der Waals surface area contributed by atoms with Gasteiger partial charge in [-0.15, -0.1) is 0 Å². The van der Waals surface area contributed by atoms with E-state index in [1.165, 1.54) is 11.8 Å². The van der Waals surface area contributed by atoms with Crippen LogP contribution < -0.4 is 5.56 Å². The number of halogens is 1. The summed E-state index contributed by atoms with van der Waals surface area (Å²) in [6, 6.07) is 15.1. The number of thioether (sulfide) groups is 1. The normalized spacial score (nSPS) is 12.5. The molecule has 0 saturated carbocycles. The van der Waals surface area contributed by atoms with Gasteiger partial charge in [-0.3, -0.25) is 14.2 Å². The molecule has 1 heterocycles. The highest BCUT2D eigenvalue weighted by Crippen LogP contribution is 2.27. The highest BCUT2D eigenvalue weighted by atomic mass is 79.9. The van der Waals surface area contributed by atoms with Crippen LogP contribution in [0.5, 0.6) is 0 Å². The number of hydrogen-bond acceptors (Lipinski definition) is 4. The van der Waals surface area contributed by atoms with Gasteiger partial charge in [0.25, 0.3) is 5.56 Å². The zero-order valence-corrected chi connectivity index (χ0v) is 20.2. The average molecular weight is 488 g/mol. The molecule has 1 atom stereocenters. The lowest BCUT2D eigenvalue weighted by Crippen LogP contribution is -2.45. The molecular weight excluding hydrogens is 462 g/mol. The van der Waals surface area contributed by atoms with E-state index in [1.54, 1.807) is 10.6 Å². The number of amides is 1. The van der Waals surface area contributed by atoms with Gasteiger partial charge in [0, 0.05) is 16.6 Å². The zero-order chi connectivity index (χ0) is 22.0. The Balaban J connectivity index is 2.12. The number of fused-ring (bicyclic) bond motifs is 1. The number of hydrogen-bond donors (Lipinski definition) is 0. The van der Waals surface area contributed by atoms with Gasteiger partial charge in [-0.1, -0.05) is 45.9 Å². The molecule has 5 nitrogen and oxygen atoms in total. The van der Waals surface area contributed by atoms with E-state index in [-0.39, 0.29) is 28.8 Å². The summed E-state index contributed by atoms with van der Waals surface area (Å²) in [5.41, 5.74) is 1.19. The molecule has 0 aliphatic carbocycles. The van der Waals surface area contributed by atoms with E-state index in [2.05, 4.69) is 15.9 Å². The summed E-state index contributed by atoms with van der Waals surface area (Å²) < 4.78 is 2.42. The Morgan fingerprint density at radius 1 is 1.03 bits per heavy atom. The van der Waals surface area contributed by atoms with Gasteiger partial charge in [-0.05, 0) is 65.0 Å². The molecule has 1 unspecified atom stereocenters. The summed E-state index contributed by atoms with van der Waals surface area (Å²) in [5, 5.41) is 0.654. The zero-order valence-electron chi connectivity index (χ0n) is 17.8. The Labute approximate surface area is 189 Å². The second-order valence-electron chi connectivity index (χ2n) is 7.73. The van der Waals surface area contributed by atoms with E-state index >= 15 is 0 Å².